The van der Waals surface area contributed by atoms with E-state index in [1.165, 1.54) is 27.6 Å². The first-order chi connectivity index (χ1) is 16.2. The molecule has 0 bridgehead atoms. The highest BCUT2D eigenvalue weighted by Gasteiger charge is 2.21. The molecule has 4 aromatic rings. The van der Waals surface area contributed by atoms with E-state index < -0.39 is 0 Å². The van der Waals surface area contributed by atoms with Crippen LogP contribution in [0, 0.1) is 0 Å². The number of ether oxygens (including phenoxy) is 3. The quantitative estimate of drug-likeness (QED) is 0.484. The van der Waals surface area contributed by atoms with Gasteiger partial charge >= 0.3 is 5.69 Å². The minimum absolute atomic E-state index is 0.142. The average Bonchev–Trinajstić information content (AvgIpc) is 3.23. The van der Waals surface area contributed by atoms with Gasteiger partial charge in [0.05, 0.1) is 25.5 Å². The maximum atomic E-state index is 12.7. The van der Waals surface area contributed by atoms with Crippen molar-refractivity contribution < 1.29 is 14.2 Å². The lowest BCUT2D eigenvalue weighted by Gasteiger charge is -2.24. The Kier molecular flexibility index (Phi) is 5.00. The van der Waals surface area contributed by atoms with Crippen LogP contribution in [0.2, 0.25) is 0 Å². The number of rotatable bonds is 4. The van der Waals surface area contributed by atoms with Crippen molar-refractivity contribution in [3.8, 4) is 28.3 Å². The Hall–Kier alpha value is -3.42. The normalized spacial score (nSPS) is 17.5. The summed E-state index contributed by atoms with van der Waals surface area (Å²) in [5, 5.41) is 1.23. The first-order valence-electron chi connectivity index (χ1n) is 11.3. The Bertz CT molecular complexity index is 1400. The second-order valence-electron chi connectivity index (χ2n) is 8.61. The summed E-state index contributed by atoms with van der Waals surface area (Å²) < 4.78 is 20.7. The lowest BCUT2D eigenvalue weighted by Crippen LogP contribution is -2.34. The molecule has 0 radical (unpaired) electrons. The number of fused-ring (bicyclic) bond motifs is 4. The van der Waals surface area contributed by atoms with E-state index in [-0.39, 0.29) is 11.8 Å². The average molecular weight is 444 g/mol. The van der Waals surface area contributed by atoms with Gasteiger partial charge in [-0.15, -0.1) is 0 Å². The van der Waals surface area contributed by atoms with Gasteiger partial charge in [0.25, 0.3) is 0 Å². The molecular weight excluding hydrogens is 418 g/mol. The minimum atomic E-state index is -0.285. The van der Waals surface area contributed by atoms with Crippen LogP contribution < -0.4 is 10.4 Å². The maximum Gasteiger partial charge on any atom is 0.351 e. The van der Waals surface area contributed by atoms with Crippen LogP contribution in [0.4, 0.5) is 0 Å². The summed E-state index contributed by atoms with van der Waals surface area (Å²) >= 11 is 0. The van der Waals surface area contributed by atoms with Crippen LogP contribution in [-0.4, -0.2) is 46.6 Å². The Morgan fingerprint density at radius 3 is 2.85 bits per heavy atom. The summed E-state index contributed by atoms with van der Waals surface area (Å²) in [6.45, 7) is 2.57. The lowest BCUT2D eigenvalue weighted by molar-refractivity contribution is -0.102. The zero-order chi connectivity index (χ0) is 22.4. The van der Waals surface area contributed by atoms with E-state index >= 15 is 0 Å². The van der Waals surface area contributed by atoms with Gasteiger partial charge in [0.2, 0.25) is 5.88 Å². The van der Waals surface area contributed by atoms with Gasteiger partial charge in [-0.2, -0.15) is 4.98 Å². The van der Waals surface area contributed by atoms with Crippen molar-refractivity contribution in [1.29, 1.82) is 0 Å². The number of aromatic nitrogens is 3. The number of hydrogen-bond donors (Lipinski definition) is 0. The van der Waals surface area contributed by atoms with Crippen molar-refractivity contribution in [1.82, 2.24) is 14.1 Å². The summed E-state index contributed by atoms with van der Waals surface area (Å²) in [7, 11) is 2.06. The lowest BCUT2D eigenvalue weighted by atomic mass is 9.93. The smallest absolute Gasteiger partial charge is 0.351 e. The van der Waals surface area contributed by atoms with Gasteiger partial charge < -0.3 is 18.8 Å². The predicted octanol–water partition coefficient (Wildman–Crippen LogP) is 3.42. The molecule has 0 aliphatic carbocycles. The third kappa shape index (κ3) is 3.73. The van der Waals surface area contributed by atoms with Crippen molar-refractivity contribution >= 4 is 10.9 Å². The van der Waals surface area contributed by atoms with Crippen LogP contribution in [0.25, 0.3) is 33.3 Å². The van der Waals surface area contributed by atoms with Crippen LogP contribution in [0.1, 0.15) is 5.56 Å². The van der Waals surface area contributed by atoms with E-state index in [1.54, 1.807) is 4.57 Å². The van der Waals surface area contributed by atoms with Gasteiger partial charge in [-0.1, -0.05) is 24.3 Å². The zero-order valence-electron chi connectivity index (χ0n) is 18.5. The summed E-state index contributed by atoms with van der Waals surface area (Å²) in [5.74, 6) is 0.326. The number of benzene rings is 2. The summed E-state index contributed by atoms with van der Waals surface area (Å²) in [6.07, 6.45) is 2.73. The third-order valence-corrected chi connectivity index (χ3v) is 6.49. The zero-order valence-corrected chi connectivity index (χ0v) is 18.5. The molecule has 4 heterocycles. The molecule has 2 aromatic carbocycles. The predicted molar refractivity (Wildman–Crippen MR) is 126 cm³/mol. The third-order valence-electron chi connectivity index (χ3n) is 6.49. The van der Waals surface area contributed by atoms with Crippen molar-refractivity contribution in [3.63, 3.8) is 0 Å². The van der Waals surface area contributed by atoms with E-state index in [1.807, 2.05) is 6.07 Å². The fourth-order valence-corrected chi connectivity index (χ4v) is 4.73. The van der Waals surface area contributed by atoms with Crippen LogP contribution in [0.3, 0.4) is 0 Å². The Balaban J connectivity index is 1.31. The summed E-state index contributed by atoms with van der Waals surface area (Å²) in [4.78, 5) is 16.8. The molecule has 1 unspecified atom stereocenters. The Morgan fingerprint density at radius 1 is 1.09 bits per heavy atom. The molecule has 2 aliphatic heterocycles. The topological polar surface area (TPSA) is 67.5 Å². The van der Waals surface area contributed by atoms with Gasteiger partial charge in [-0.05, 0) is 41.3 Å². The van der Waals surface area contributed by atoms with Gasteiger partial charge in [0.15, 0.2) is 0 Å². The SMILES string of the molecule is Cn1ccc2cc(-c3ccc4c(c3)CCn3c-4cc(OCC4COCCO4)nc3=O)ccc21. The van der Waals surface area contributed by atoms with Crippen molar-refractivity contribution in [2.24, 2.45) is 7.05 Å². The highest BCUT2D eigenvalue weighted by Crippen LogP contribution is 2.34. The fourth-order valence-electron chi connectivity index (χ4n) is 4.73. The van der Waals surface area contributed by atoms with Gasteiger partial charge in [-0.3, -0.25) is 4.57 Å². The van der Waals surface area contributed by atoms with Gasteiger partial charge in [0.1, 0.15) is 12.7 Å². The molecule has 0 amide bonds. The standard InChI is InChI=1S/C26H25N3O4/c1-28-8-6-20-13-18(3-5-23(20)28)17-2-4-22-19(12-17)7-9-29-24(22)14-25(27-26(29)30)33-16-21-15-31-10-11-32-21/h2-6,8,12-14,21H,7,9-11,15-16H2,1H3. The number of hydrogen-bond acceptors (Lipinski definition) is 5. The molecule has 2 aliphatic rings. The monoisotopic (exact) mass is 443 g/mol. The highest BCUT2D eigenvalue weighted by molar-refractivity contribution is 5.86. The molecule has 7 heteroatoms. The van der Waals surface area contributed by atoms with E-state index in [4.69, 9.17) is 14.2 Å². The fraction of sp³-hybridized carbons (Fsp3) is 0.308. The molecule has 0 N–H and O–H groups in total. The highest BCUT2D eigenvalue weighted by atomic mass is 16.6. The first-order valence-corrected chi connectivity index (χ1v) is 11.3. The second kappa shape index (κ2) is 8.17. The van der Waals surface area contributed by atoms with Crippen molar-refractivity contribution in [3.05, 3.63) is 70.8 Å². The second-order valence-corrected chi connectivity index (χ2v) is 8.61. The Morgan fingerprint density at radius 2 is 1.97 bits per heavy atom. The molecule has 168 valence electrons. The van der Waals surface area contributed by atoms with E-state index in [0.29, 0.717) is 38.9 Å². The minimum Gasteiger partial charge on any atom is -0.475 e. The molecule has 0 spiro atoms. The van der Waals surface area contributed by atoms with Crippen LogP contribution in [0.15, 0.2) is 59.5 Å². The van der Waals surface area contributed by atoms with Crippen molar-refractivity contribution in [2.45, 2.75) is 19.1 Å². The summed E-state index contributed by atoms with van der Waals surface area (Å²) in [5.41, 5.74) is 6.41. The van der Waals surface area contributed by atoms with E-state index in [9.17, 15) is 4.79 Å². The molecule has 1 atom stereocenters. The van der Waals surface area contributed by atoms with E-state index in [0.717, 1.165) is 17.7 Å². The molecule has 1 saturated heterocycles. The molecule has 2 aromatic heterocycles. The molecular formula is C26H25N3O4. The van der Waals surface area contributed by atoms with Crippen LogP contribution in [-0.2, 0) is 29.5 Å². The van der Waals surface area contributed by atoms with Crippen LogP contribution >= 0.6 is 0 Å². The molecule has 33 heavy (non-hydrogen) atoms. The van der Waals surface area contributed by atoms with Crippen molar-refractivity contribution in [2.75, 3.05) is 26.4 Å². The maximum absolute atomic E-state index is 12.7. The first kappa shape index (κ1) is 20.2. The van der Waals surface area contributed by atoms with Crippen LogP contribution in [0.5, 0.6) is 5.88 Å². The van der Waals surface area contributed by atoms with Gasteiger partial charge in [-0.25, -0.2) is 4.79 Å². The number of aryl methyl sites for hydroxylation is 2. The number of nitrogens with zero attached hydrogens (tertiary/aromatic N) is 3. The summed E-state index contributed by atoms with van der Waals surface area (Å²) in [6, 6.07) is 17.0. The molecule has 0 saturated carbocycles. The Labute approximate surface area is 191 Å². The van der Waals surface area contributed by atoms with E-state index in [2.05, 4.69) is 65.3 Å². The molecule has 7 nitrogen and oxygen atoms in total. The largest absolute Gasteiger partial charge is 0.475 e. The molecule has 6 rings (SSSR count). The molecule has 1 fully saturated rings. The van der Waals surface area contributed by atoms with Gasteiger partial charge in [0, 0.05) is 42.3 Å².